The number of nitrogens with zero attached hydrogens (tertiary/aromatic N) is 1. The standard InChI is InChI=1S/C17H30N2O2/c1-4-8-18-12(3)7-6-9-19-16(20)14-10-13(5-2)11-15(14)17(19)21/h12-15,18H,4-11H2,1-3H3. The van der Waals surface area contributed by atoms with Gasteiger partial charge in [0.2, 0.25) is 11.8 Å². The maximum Gasteiger partial charge on any atom is 0.233 e. The van der Waals surface area contributed by atoms with Gasteiger partial charge in [-0.05, 0) is 51.5 Å². The van der Waals surface area contributed by atoms with Crippen LogP contribution in [-0.4, -0.2) is 35.8 Å². The average molecular weight is 294 g/mol. The highest BCUT2D eigenvalue weighted by Crippen LogP contribution is 2.44. The van der Waals surface area contributed by atoms with Crippen molar-refractivity contribution in [3.05, 3.63) is 0 Å². The Morgan fingerprint density at radius 1 is 1.19 bits per heavy atom. The Balaban J connectivity index is 1.78. The van der Waals surface area contributed by atoms with E-state index in [4.69, 9.17) is 0 Å². The molecule has 120 valence electrons. The van der Waals surface area contributed by atoms with Gasteiger partial charge in [0.25, 0.3) is 0 Å². The lowest BCUT2D eigenvalue weighted by molar-refractivity contribution is -0.140. The normalized spacial score (nSPS) is 30.0. The van der Waals surface area contributed by atoms with E-state index in [1.807, 2.05) is 0 Å². The molecular weight excluding hydrogens is 264 g/mol. The smallest absolute Gasteiger partial charge is 0.233 e. The second-order valence-corrected chi connectivity index (χ2v) is 6.78. The van der Waals surface area contributed by atoms with Crippen LogP contribution >= 0.6 is 0 Å². The molecule has 0 bridgehead atoms. The van der Waals surface area contributed by atoms with Crippen molar-refractivity contribution in [2.45, 2.75) is 65.3 Å². The summed E-state index contributed by atoms with van der Waals surface area (Å²) in [5, 5.41) is 3.45. The van der Waals surface area contributed by atoms with Gasteiger partial charge in [-0.3, -0.25) is 14.5 Å². The number of fused-ring (bicyclic) bond motifs is 1. The van der Waals surface area contributed by atoms with Crippen LogP contribution in [0.5, 0.6) is 0 Å². The van der Waals surface area contributed by atoms with Crippen molar-refractivity contribution in [1.82, 2.24) is 10.2 Å². The van der Waals surface area contributed by atoms with Crippen molar-refractivity contribution in [1.29, 1.82) is 0 Å². The van der Waals surface area contributed by atoms with E-state index in [0.717, 1.165) is 45.1 Å². The number of nitrogens with one attached hydrogen (secondary N) is 1. The lowest BCUT2D eigenvalue weighted by Gasteiger charge is -2.19. The van der Waals surface area contributed by atoms with E-state index in [2.05, 4.69) is 26.1 Å². The molecule has 0 aromatic rings. The van der Waals surface area contributed by atoms with Gasteiger partial charge in [0.15, 0.2) is 0 Å². The van der Waals surface area contributed by atoms with Crippen LogP contribution in [0.15, 0.2) is 0 Å². The molecule has 0 aromatic heterocycles. The van der Waals surface area contributed by atoms with Gasteiger partial charge in [-0.15, -0.1) is 0 Å². The summed E-state index contributed by atoms with van der Waals surface area (Å²) in [7, 11) is 0. The lowest BCUT2D eigenvalue weighted by atomic mass is 10.00. The number of imide groups is 1. The maximum absolute atomic E-state index is 12.4. The van der Waals surface area contributed by atoms with Crippen LogP contribution in [-0.2, 0) is 9.59 Å². The quantitative estimate of drug-likeness (QED) is 0.700. The molecule has 1 aliphatic carbocycles. The third-order valence-corrected chi connectivity index (χ3v) is 5.17. The first-order valence-corrected chi connectivity index (χ1v) is 8.67. The van der Waals surface area contributed by atoms with E-state index in [-0.39, 0.29) is 23.7 Å². The molecular formula is C17H30N2O2. The van der Waals surface area contributed by atoms with Gasteiger partial charge in [-0.2, -0.15) is 0 Å². The first-order valence-electron chi connectivity index (χ1n) is 8.67. The summed E-state index contributed by atoms with van der Waals surface area (Å²) < 4.78 is 0. The Morgan fingerprint density at radius 2 is 1.81 bits per heavy atom. The largest absolute Gasteiger partial charge is 0.314 e. The van der Waals surface area contributed by atoms with Crippen LogP contribution < -0.4 is 5.32 Å². The van der Waals surface area contributed by atoms with Crippen molar-refractivity contribution in [2.24, 2.45) is 17.8 Å². The number of carbonyl (C=O) groups excluding carboxylic acids is 2. The third kappa shape index (κ3) is 3.65. The number of hydrogen-bond acceptors (Lipinski definition) is 3. The molecule has 4 nitrogen and oxygen atoms in total. The average Bonchev–Trinajstić information content (AvgIpc) is 3.00. The molecule has 1 aliphatic heterocycles. The van der Waals surface area contributed by atoms with Gasteiger partial charge < -0.3 is 5.32 Å². The fourth-order valence-electron chi connectivity index (χ4n) is 3.80. The number of carbonyl (C=O) groups is 2. The summed E-state index contributed by atoms with van der Waals surface area (Å²) in [6, 6.07) is 0.460. The Bertz CT molecular complexity index is 359. The van der Waals surface area contributed by atoms with E-state index >= 15 is 0 Å². The molecule has 21 heavy (non-hydrogen) atoms. The highest BCUT2D eigenvalue weighted by Gasteiger charge is 2.51. The van der Waals surface area contributed by atoms with Gasteiger partial charge in [0.05, 0.1) is 11.8 Å². The van der Waals surface area contributed by atoms with Gasteiger partial charge in [-0.25, -0.2) is 0 Å². The predicted octanol–water partition coefficient (Wildman–Crippen LogP) is 2.58. The highest BCUT2D eigenvalue weighted by molar-refractivity contribution is 6.05. The molecule has 2 fully saturated rings. The third-order valence-electron chi connectivity index (χ3n) is 5.17. The van der Waals surface area contributed by atoms with Crippen molar-refractivity contribution in [3.63, 3.8) is 0 Å². The first-order chi connectivity index (χ1) is 10.1. The van der Waals surface area contributed by atoms with Crippen LogP contribution in [0.3, 0.4) is 0 Å². The zero-order chi connectivity index (χ0) is 15.4. The molecule has 4 heteroatoms. The monoisotopic (exact) mass is 294 g/mol. The zero-order valence-electron chi connectivity index (χ0n) is 13.7. The van der Waals surface area contributed by atoms with Gasteiger partial charge >= 0.3 is 0 Å². The molecule has 3 atom stereocenters. The van der Waals surface area contributed by atoms with Gasteiger partial charge in [-0.1, -0.05) is 20.3 Å². The molecule has 2 aliphatic rings. The van der Waals surface area contributed by atoms with Gasteiger partial charge in [0, 0.05) is 12.6 Å². The number of amides is 2. The van der Waals surface area contributed by atoms with E-state index < -0.39 is 0 Å². The molecule has 0 aromatic carbocycles. The Morgan fingerprint density at radius 3 is 2.33 bits per heavy atom. The number of likely N-dealkylation sites (tertiary alicyclic amines) is 1. The molecule has 0 radical (unpaired) electrons. The van der Waals surface area contributed by atoms with Crippen LogP contribution in [0.4, 0.5) is 0 Å². The number of rotatable bonds is 8. The van der Waals surface area contributed by atoms with Crippen molar-refractivity contribution < 1.29 is 9.59 Å². The van der Waals surface area contributed by atoms with Gasteiger partial charge in [0.1, 0.15) is 0 Å². The van der Waals surface area contributed by atoms with E-state index in [9.17, 15) is 9.59 Å². The van der Waals surface area contributed by atoms with Crippen LogP contribution in [0.25, 0.3) is 0 Å². The Kier molecular flexibility index (Phi) is 5.80. The number of hydrogen-bond donors (Lipinski definition) is 1. The minimum Gasteiger partial charge on any atom is -0.314 e. The molecule has 1 heterocycles. The van der Waals surface area contributed by atoms with Crippen molar-refractivity contribution >= 4 is 11.8 Å². The summed E-state index contributed by atoms with van der Waals surface area (Å²) in [6.07, 6.45) is 6.01. The van der Waals surface area contributed by atoms with E-state index in [1.165, 1.54) is 0 Å². The first kappa shape index (κ1) is 16.5. The molecule has 2 rings (SSSR count). The Labute approximate surface area is 128 Å². The molecule has 2 amide bonds. The Hall–Kier alpha value is -0.900. The van der Waals surface area contributed by atoms with Crippen LogP contribution in [0, 0.1) is 17.8 Å². The fourth-order valence-corrected chi connectivity index (χ4v) is 3.80. The molecule has 1 saturated carbocycles. The topological polar surface area (TPSA) is 49.4 Å². The van der Waals surface area contributed by atoms with Crippen molar-refractivity contribution in [3.8, 4) is 0 Å². The minimum atomic E-state index is -0.00177. The summed E-state index contributed by atoms with van der Waals surface area (Å²) in [5.41, 5.74) is 0. The summed E-state index contributed by atoms with van der Waals surface area (Å²) in [5.74, 6) is 0.787. The SMILES string of the molecule is CCCNC(C)CCCN1C(=O)C2CC(CC)CC2C1=O. The summed E-state index contributed by atoms with van der Waals surface area (Å²) in [6.45, 7) is 8.13. The fraction of sp³-hybridized carbons (Fsp3) is 0.882. The highest BCUT2D eigenvalue weighted by atomic mass is 16.2. The second-order valence-electron chi connectivity index (χ2n) is 6.78. The molecule has 1 N–H and O–H groups in total. The van der Waals surface area contributed by atoms with Crippen molar-refractivity contribution in [2.75, 3.05) is 13.1 Å². The molecule has 0 spiro atoms. The summed E-state index contributed by atoms with van der Waals surface area (Å²) in [4.78, 5) is 26.3. The van der Waals surface area contributed by atoms with E-state index in [1.54, 1.807) is 4.90 Å². The molecule has 1 saturated heterocycles. The molecule has 3 unspecified atom stereocenters. The predicted molar refractivity (Wildman–Crippen MR) is 83.7 cm³/mol. The van der Waals surface area contributed by atoms with E-state index in [0.29, 0.717) is 18.5 Å². The minimum absolute atomic E-state index is 0.00177. The van der Waals surface area contributed by atoms with Crippen LogP contribution in [0.1, 0.15) is 59.3 Å². The maximum atomic E-state index is 12.4. The lowest BCUT2D eigenvalue weighted by Crippen LogP contribution is -2.34. The van der Waals surface area contributed by atoms with Crippen LogP contribution in [0.2, 0.25) is 0 Å². The summed E-state index contributed by atoms with van der Waals surface area (Å²) >= 11 is 0. The zero-order valence-corrected chi connectivity index (χ0v) is 13.7. The second kappa shape index (κ2) is 7.39.